The van der Waals surface area contributed by atoms with Gasteiger partial charge >= 0.3 is 0 Å². The van der Waals surface area contributed by atoms with Gasteiger partial charge in [-0.25, -0.2) is 0 Å². The lowest BCUT2D eigenvalue weighted by Gasteiger charge is -2.25. The highest BCUT2D eigenvalue weighted by molar-refractivity contribution is 4.86. The first-order valence-electron chi connectivity index (χ1n) is 7.39. The quantitative estimate of drug-likeness (QED) is 0.768. The molecule has 4 atom stereocenters. The van der Waals surface area contributed by atoms with Gasteiger partial charge in [-0.05, 0) is 45.4 Å². The highest BCUT2D eigenvalue weighted by Crippen LogP contribution is 2.33. The smallest absolute Gasteiger partial charge is 0.0898 e. The predicted octanol–water partition coefficient (Wildman–Crippen LogP) is 2.58. The van der Waals surface area contributed by atoms with Crippen LogP contribution in [-0.4, -0.2) is 36.0 Å². The molecule has 0 bridgehead atoms. The number of aliphatic hydroxyl groups excluding tert-OH is 1. The third kappa shape index (κ3) is 5.25. The lowest BCUT2D eigenvalue weighted by atomic mass is 9.93. The van der Waals surface area contributed by atoms with Gasteiger partial charge in [0.2, 0.25) is 0 Å². The van der Waals surface area contributed by atoms with Gasteiger partial charge in [-0.2, -0.15) is 0 Å². The second-order valence-electron chi connectivity index (χ2n) is 6.70. The van der Waals surface area contributed by atoms with Crippen molar-refractivity contribution in [3.8, 4) is 0 Å². The topological polar surface area (TPSA) is 41.5 Å². The molecule has 1 saturated carbocycles. The Morgan fingerprint density at radius 2 is 2.00 bits per heavy atom. The molecule has 1 fully saturated rings. The van der Waals surface area contributed by atoms with Crippen LogP contribution in [0.4, 0.5) is 0 Å². The molecule has 0 amide bonds. The van der Waals surface area contributed by atoms with Crippen LogP contribution in [-0.2, 0) is 4.74 Å². The van der Waals surface area contributed by atoms with Crippen molar-refractivity contribution in [1.29, 1.82) is 0 Å². The van der Waals surface area contributed by atoms with Crippen LogP contribution in [0.5, 0.6) is 0 Å². The van der Waals surface area contributed by atoms with Crippen LogP contribution < -0.4 is 5.32 Å². The first kappa shape index (κ1) is 15.9. The molecular weight excluding hydrogens is 226 g/mol. The van der Waals surface area contributed by atoms with Gasteiger partial charge < -0.3 is 15.2 Å². The zero-order valence-corrected chi connectivity index (χ0v) is 12.7. The summed E-state index contributed by atoms with van der Waals surface area (Å²) in [4.78, 5) is 0. The summed E-state index contributed by atoms with van der Waals surface area (Å²) in [6.07, 6.45) is 3.43. The number of aliphatic hydroxyl groups is 1. The summed E-state index contributed by atoms with van der Waals surface area (Å²) in [6.45, 7) is 11.7. The highest BCUT2D eigenvalue weighted by Gasteiger charge is 2.31. The summed E-state index contributed by atoms with van der Waals surface area (Å²) in [7, 11) is 0. The lowest BCUT2D eigenvalue weighted by Crippen LogP contribution is -2.40. The van der Waals surface area contributed by atoms with Crippen molar-refractivity contribution in [2.45, 2.75) is 71.6 Å². The van der Waals surface area contributed by atoms with Gasteiger partial charge in [0.15, 0.2) is 0 Å². The summed E-state index contributed by atoms with van der Waals surface area (Å²) < 4.78 is 5.59. The molecule has 0 aromatic heterocycles. The van der Waals surface area contributed by atoms with Crippen LogP contribution in [0, 0.1) is 11.8 Å². The Morgan fingerprint density at radius 3 is 2.50 bits per heavy atom. The number of hydrogen-bond donors (Lipinski definition) is 2. The maximum atomic E-state index is 9.89. The summed E-state index contributed by atoms with van der Waals surface area (Å²) in [5.74, 6) is 1.58. The van der Waals surface area contributed by atoms with Gasteiger partial charge in [-0.3, -0.25) is 0 Å². The standard InChI is InChI=1S/C15H31NO2/c1-6-12-7-8-14(11(12)2)16-9-13(17)10-18-15(3,4)5/h11-14,16-17H,6-10H2,1-5H3. The van der Waals surface area contributed by atoms with E-state index in [0.29, 0.717) is 19.2 Å². The Kier molecular flexibility index (Phi) is 6.09. The van der Waals surface area contributed by atoms with Crippen molar-refractivity contribution in [3.63, 3.8) is 0 Å². The van der Waals surface area contributed by atoms with E-state index in [0.717, 1.165) is 11.8 Å². The monoisotopic (exact) mass is 257 g/mol. The zero-order valence-electron chi connectivity index (χ0n) is 12.7. The van der Waals surface area contributed by atoms with Gasteiger partial charge in [0.25, 0.3) is 0 Å². The molecule has 0 spiro atoms. The summed E-state index contributed by atoms with van der Waals surface area (Å²) in [6, 6.07) is 0.569. The lowest BCUT2D eigenvalue weighted by molar-refractivity contribution is -0.0485. The molecule has 18 heavy (non-hydrogen) atoms. The summed E-state index contributed by atoms with van der Waals surface area (Å²) in [5.41, 5.74) is -0.172. The van der Waals surface area contributed by atoms with Crippen LogP contribution >= 0.6 is 0 Å². The molecule has 0 aromatic rings. The SMILES string of the molecule is CCC1CCC(NCC(O)COC(C)(C)C)C1C. The molecule has 1 rings (SSSR count). The Hall–Kier alpha value is -0.120. The van der Waals surface area contributed by atoms with Crippen LogP contribution in [0.15, 0.2) is 0 Å². The minimum atomic E-state index is -0.405. The molecular formula is C15H31NO2. The number of nitrogens with one attached hydrogen (secondary N) is 1. The second-order valence-corrected chi connectivity index (χ2v) is 6.70. The van der Waals surface area contributed by atoms with Gasteiger partial charge in [-0.1, -0.05) is 20.3 Å². The minimum absolute atomic E-state index is 0.172. The third-order valence-electron chi connectivity index (χ3n) is 4.08. The molecule has 3 heteroatoms. The number of rotatable bonds is 6. The number of ether oxygens (including phenoxy) is 1. The third-order valence-corrected chi connectivity index (χ3v) is 4.08. The maximum Gasteiger partial charge on any atom is 0.0898 e. The molecule has 2 N–H and O–H groups in total. The predicted molar refractivity (Wildman–Crippen MR) is 75.7 cm³/mol. The fourth-order valence-electron chi connectivity index (χ4n) is 2.80. The van der Waals surface area contributed by atoms with Crippen molar-refractivity contribution in [3.05, 3.63) is 0 Å². The molecule has 0 heterocycles. The van der Waals surface area contributed by atoms with E-state index >= 15 is 0 Å². The van der Waals surface area contributed by atoms with Crippen molar-refractivity contribution < 1.29 is 9.84 Å². The van der Waals surface area contributed by atoms with Crippen LogP contribution in [0.1, 0.15) is 53.9 Å². The molecule has 0 radical (unpaired) electrons. The first-order chi connectivity index (χ1) is 8.33. The molecule has 0 aliphatic heterocycles. The van der Waals surface area contributed by atoms with Gasteiger partial charge in [-0.15, -0.1) is 0 Å². The van der Waals surface area contributed by atoms with Crippen LogP contribution in [0.2, 0.25) is 0 Å². The fourth-order valence-corrected chi connectivity index (χ4v) is 2.80. The van der Waals surface area contributed by atoms with Crippen LogP contribution in [0.25, 0.3) is 0 Å². The molecule has 108 valence electrons. The Balaban J connectivity index is 2.21. The van der Waals surface area contributed by atoms with E-state index in [2.05, 4.69) is 19.2 Å². The normalized spacial score (nSPS) is 30.7. The average Bonchev–Trinajstić information content (AvgIpc) is 2.64. The minimum Gasteiger partial charge on any atom is -0.389 e. The second kappa shape index (κ2) is 6.88. The van der Waals surface area contributed by atoms with Crippen molar-refractivity contribution in [2.24, 2.45) is 11.8 Å². The number of hydrogen-bond acceptors (Lipinski definition) is 3. The zero-order chi connectivity index (χ0) is 13.8. The van der Waals surface area contributed by atoms with Gasteiger partial charge in [0.1, 0.15) is 0 Å². The molecule has 1 aliphatic rings. The van der Waals surface area contributed by atoms with Gasteiger partial charge in [0, 0.05) is 12.6 Å². The van der Waals surface area contributed by atoms with E-state index in [9.17, 15) is 5.11 Å². The molecule has 0 aromatic carbocycles. The van der Waals surface area contributed by atoms with E-state index in [1.807, 2.05) is 20.8 Å². The van der Waals surface area contributed by atoms with Gasteiger partial charge in [0.05, 0.1) is 18.3 Å². The molecule has 1 aliphatic carbocycles. The molecule has 0 saturated heterocycles. The van der Waals surface area contributed by atoms with Crippen molar-refractivity contribution in [1.82, 2.24) is 5.32 Å². The summed E-state index contributed by atoms with van der Waals surface area (Å²) >= 11 is 0. The van der Waals surface area contributed by atoms with E-state index in [4.69, 9.17) is 4.74 Å². The van der Waals surface area contributed by atoms with E-state index < -0.39 is 6.10 Å². The average molecular weight is 257 g/mol. The van der Waals surface area contributed by atoms with Crippen LogP contribution in [0.3, 0.4) is 0 Å². The summed E-state index contributed by atoms with van der Waals surface area (Å²) in [5, 5.41) is 13.4. The fraction of sp³-hybridized carbons (Fsp3) is 1.00. The Labute approximate surface area is 112 Å². The van der Waals surface area contributed by atoms with Crippen molar-refractivity contribution in [2.75, 3.05) is 13.2 Å². The molecule has 4 unspecified atom stereocenters. The Morgan fingerprint density at radius 1 is 1.33 bits per heavy atom. The first-order valence-corrected chi connectivity index (χ1v) is 7.39. The largest absolute Gasteiger partial charge is 0.389 e. The molecule has 3 nitrogen and oxygen atoms in total. The van der Waals surface area contributed by atoms with E-state index in [1.54, 1.807) is 0 Å². The van der Waals surface area contributed by atoms with Crippen molar-refractivity contribution >= 4 is 0 Å². The Bertz CT molecular complexity index is 237. The van der Waals surface area contributed by atoms with E-state index in [-0.39, 0.29) is 5.60 Å². The van der Waals surface area contributed by atoms with E-state index in [1.165, 1.54) is 19.3 Å². The maximum absolute atomic E-state index is 9.89. The highest BCUT2D eigenvalue weighted by atomic mass is 16.5.